The van der Waals surface area contributed by atoms with Gasteiger partial charge in [-0.05, 0) is 43.9 Å². The predicted octanol–water partition coefficient (Wildman–Crippen LogP) is 4.94. The van der Waals surface area contributed by atoms with Gasteiger partial charge in [0.1, 0.15) is 12.4 Å². The third-order valence-electron chi connectivity index (χ3n) is 6.64. The lowest BCUT2D eigenvalue weighted by molar-refractivity contribution is -0.144. The number of carboxylic acid groups (broad SMARTS) is 1. The number of imidazole rings is 1. The van der Waals surface area contributed by atoms with E-state index in [4.69, 9.17) is 4.98 Å². The molecule has 1 aliphatic carbocycles. The summed E-state index contributed by atoms with van der Waals surface area (Å²) in [5.41, 5.74) is 4.28. The molecule has 1 heterocycles. The van der Waals surface area contributed by atoms with Crippen molar-refractivity contribution in [2.24, 2.45) is 0 Å². The monoisotopic (exact) mass is 447 g/mol. The van der Waals surface area contributed by atoms with Crippen LogP contribution in [0.15, 0.2) is 48.5 Å². The highest BCUT2D eigenvalue weighted by Crippen LogP contribution is 2.34. The minimum absolute atomic E-state index is 0.127. The molecule has 4 rings (SSSR count). The van der Waals surface area contributed by atoms with Crippen LogP contribution in [0.3, 0.4) is 0 Å². The zero-order valence-electron chi connectivity index (χ0n) is 19.4. The van der Waals surface area contributed by atoms with Gasteiger partial charge in [0.2, 0.25) is 5.91 Å². The molecule has 0 unspecified atom stereocenters. The van der Waals surface area contributed by atoms with Crippen molar-refractivity contribution < 1.29 is 14.7 Å². The number of aryl methyl sites for hydroxylation is 2. The van der Waals surface area contributed by atoms with Gasteiger partial charge in [0.15, 0.2) is 0 Å². The molecule has 0 atom stereocenters. The largest absolute Gasteiger partial charge is 0.480 e. The second-order valence-corrected chi connectivity index (χ2v) is 9.14. The van der Waals surface area contributed by atoms with E-state index in [2.05, 4.69) is 16.7 Å². The number of carboxylic acids is 1. The van der Waals surface area contributed by atoms with Crippen molar-refractivity contribution >= 4 is 22.9 Å². The van der Waals surface area contributed by atoms with E-state index in [0.717, 1.165) is 40.8 Å². The Labute approximate surface area is 195 Å². The standard InChI is InChI=1S/C27H33N3O3/c1-20-8-7-9-21(18-20)14-16-29(19-26(32)33)25(31)15-17-30-24-13-6-5-12-23(24)28-27(30)22-10-3-2-4-11-22/h5-9,12-13,18,22H,2-4,10-11,14-17,19H2,1H3,(H,32,33). The number of carbonyl (C=O) groups is 2. The van der Waals surface area contributed by atoms with E-state index in [1.54, 1.807) is 0 Å². The SMILES string of the molecule is Cc1cccc(CCN(CC(=O)O)C(=O)CCn2c(C3CCCCC3)nc3ccccc32)c1. The molecule has 33 heavy (non-hydrogen) atoms. The third kappa shape index (κ3) is 5.81. The Kier molecular flexibility index (Phi) is 7.43. The van der Waals surface area contributed by atoms with Crippen LogP contribution in [-0.2, 0) is 22.6 Å². The molecule has 6 heteroatoms. The lowest BCUT2D eigenvalue weighted by atomic mass is 9.88. The average molecular weight is 448 g/mol. The van der Waals surface area contributed by atoms with Crippen LogP contribution < -0.4 is 0 Å². The zero-order chi connectivity index (χ0) is 23.2. The van der Waals surface area contributed by atoms with Crippen LogP contribution in [-0.4, -0.2) is 44.5 Å². The second kappa shape index (κ2) is 10.6. The summed E-state index contributed by atoms with van der Waals surface area (Å²) in [7, 11) is 0. The molecule has 6 nitrogen and oxygen atoms in total. The first-order valence-electron chi connectivity index (χ1n) is 12.0. The van der Waals surface area contributed by atoms with E-state index < -0.39 is 5.97 Å². The molecule has 0 spiro atoms. The molecule has 0 saturated heterocycles. The first-order valence-corrected chi connectivity index (χ1v) is 12.0. The fraction of sp³-hybridized carbons (Fsp3) is 0.444. The number of amides is 1. The van der Waals surface area contributed by atoms with Crippen molar-refractivity contribution in [3.05, 3.63) is 65.5 Å². The summed E-state index contributed by atoms with van der Waals surface area (Å²) >= 11 is 0. The summed E-state index contributed by atoms with van der Waals surface area (Å²) in [6, 6.07) is 16.2. The van der Waals surface area contributed by atoms with Crippen LogP contribution in [0, 0.1) is 6.92 Å². The highest BCUT2D eigenvalue weighted by atomic mass is 16.4. The molecule has 0 aliphatic heterocycles. The maximum absolute atomic E-state index is 13.1. The van der Waals surface area contributed by atoms with E-state index >= 15 is 0 Å². The van der Waals surface area contributed by atoms with Crippen molar-refractivity contribution in [1.82, 2.24) is 14.5 Å². The van der Waals surface area contributed by atoms with Crippen LogP contribution in [0.25, 0.3) is 11.0 Å². The highest BCUT2D eigenvalue weighted by Gasteiger charge is 2.24. The summed E-state index contributed by atoms with van der Waals surface area (Å²) in [6.07, 6.45) is 6.90. The molecule has 0 radical (unpaired) electrons. The molecule has 174 valence electrons. The molecule has 1 amide bonds. The predicted molar refractivity (Wildman–Crippen MR) is 129 cm³/mol. The lowest BCUT2D eigenvalue weighted by Crippen LogP contribution is -2.37. The van der Waals surface area contributed by atoms with E-state index in [9.17, 15) is 14.7 Å². The second-order valence-electron chi connectivity index (χ2n) is 9.14. The number of fused-ring (bicyclic) bond motifs is 1. The Morgan fingerprint density at radius 2 is 1.88 bits per heavy atom. The smallest absolute Gasteiger partial charge is 0.323 e. The minimum atomic E-state index is -0.983. The molecule has 3 aromatic rings. The first-order chi connectivity index (χ1) is 16.0. The topological polar surface area (TPSA) is 75.4 Å². The molecule has 1 saturated carbocycles. The molecule has 0 bridgehead atoms. The fourth-order valence-corrected chi connectivity index (χ4v) is 4.95. The van der Waals surface area contributed by atoms with E-state index in [0.29, 0.717) is 25.4 Å². The maximum atomic E-state index is 13.1. The quantitative estimate of drug-likeness (QED) is 0.504. The number of benzene rings is 2. The van der Waals surface area contributed by atoms with Crippen molar-refractivity contribution in [2.45, 2.75) is 64.3 Å². The van der Waals surface area contributed by atoms with Crippen LogP contribution in [0.1, 0.15) is 61.4 Å². The number of para-hydroxylation sites is 2. The Morgan fingerprint density at radius 3 is 2.64 bits per heavy atom. The number of aliphatic carboxylic acids is 1. The summed E-state index contributed by atoms with van der Waals surface area (Å²) in [4.78, 5) is 31.0. The number of rotatable bonds is 9. The van der Waals surface area contributed by atoms with Crippen molar-refractivity contribution in [2.75, 3.05) is 13.1 Å². The van der Waals surface area contributed by atoms with Gasteiger partial charge in [0.25, 0.3) is 0 Å². The number of hydrogen-bond acceptors (Lipinski definition) is 3. The molecule has 1 aliphatic rings. The van der Waals surface area contributed by atoms with Crippen LogP contribution in [0.2, 0.25) is 0 Å². The molecule has 1 aromatic heterocycles. The average Bonchev–Trinajstić information content (AvgIpc) is 3.19. The number of aromatic nitrogens is 2. The number of hydrogen-bond donors (Lipinski definition) is 1. The van der Waals surface area contributed by atoms with Gasteiger partial charge in [-0.15, -0.1) is 0 Å². The normalized spacial score (nSPS) is 14.5. The lowest BCUT2D eigenvalue weighted by Gasteiger charge is -2.24. The summed E-state index contributed by atoms with van der Waals surface area (Å²) in [5, 5.41) is 9.37. The van der Waals surface area contributed by atoms with Gasteiger partial charge in [-0.1, -0.05) is 61.2 Å². The molecule has 1 N–H and O–H groups in total. The van der Waals surface area contributed by atoms with Gasteiger partial charge in [0, 0.05) is 25.4 Å². The van der Waals surface area contributed by atoms with Gasteiger partial charge in [0.05, 0.1) is 11.0 Å². The van der Waals surface area contributed by atoms with Crippen molar-refractivity contribution in [3.63, 3.8) is 0 Å². The van der Waals surface area contributed by atoms with E-state index in [1.807, 2.05) is 43.3 Å². The Balaban J connectivity index is 1.49. The Bertz CT molecular complexity index is 1110. The van der Waals surface area contributed by atoms with Gasteiger partial charge < -0.3 is 14.6 Å². The van der Waals surface area contributed by atoms with E-state index in [1.165, 1.54) is 24.2 Å². The summed E-state index contributed by atoms with van der Waals surface area (Å²) in [5.74, 6) is 0.395. The van der Waals surface area contributed by atoms with Crippen LogP contribution in [0.5, 0.6) is 0 Å². The van der Waals surface area contributed by atoms with Crippen LogP contribution >= 0.6 is 0 Å². The van der Waals surface area contributed by atoms with Gasteiger partial charge in [-0.25, -0.2) is 4.98 Å². The molecule has 1 fully saturated rings. The van der Waals surface area contributed by atoms with Gasteiger partial charge in [-0.2, -0.15) is 0 Å². The molecule has 2 aromatic carbocycles. The number of nitrogens with zero attached hydrogens (tertiary/aromatic N) is 3. The van der Waals surface area contributed by atoms with Gasteiger partial charge in [-0.3, -0.25) is 9.59 Å². The highest BCUT2D eigenvalue weighted by molar-refractivity contribution is 5.82. The maximum Gasteiger partial charge on any atom is 0.323 e. The Hall–Kier alpha value is -3.15. The number of carbonyl (C=O) groups excluding carboxylic acids is 1. The van der Waals surface area contributed by atoms with Crippen LogP contribution in [0.4, 0.5) is 0 Å². The minimum Gasteiger partial charge on any atom is -0.480 e. The first kappa shape index (κ1) is 23.0. The summed E-state index contributed by atoms with van der Waals surface area (Å²) < 4.78 is 2.20. The van der Waals surface area contributed by atoms with E-state index in [-0.39, 0.29) is 18.9 Å². The molecular weight excluding hydrogens is 414 g/mol. The summed E-state index contributed by atoms with van der Waals surface area (Å²) in [6.45, 7) is 2.67. The fourth-order valence-electron chi connectivity index (χ4n) is 4.95. The van der Waals surface area contributed by atoms with Crippen molar-refractivity contribution in [1.29, 1.82) is 0 Å². The van der Waals surface area contributed by atoms with Gasteiger partial charge >= 0.3 is 5.97 Å². The van der Waals surface area contributed by atoms with Crippen molar-refractivity contribution in [3.8, 4) is 0 Å². The third-order valence-corrected chi connectivity index (χ3v) is 6.64. The zero-order valence-corrected chi connectivity index (χ0v) is 19.4. The Morgan fingerprint density at radius 1 is 1.09 bits per heavy atom. The molecular formula is C27H33N3O3.